The normalized spacial score (nSPS) is 10.0. The molecular formula is C14H15N3O2. The zero-order valence-electron chi connectivity index (χ0n) is 10.8. The van der Waals surface area contributed by atoms with Crippen molar-refractivity contribution in [2.24, 2.45) is 0 Å². The van der Waals surface area contributed by atoms with Gasteiger partial charge < -0.3 is 15.3 Å². The number of carboxylic acids is 1. The number of pyridine rings is 1. The lowest BCUT2D eigenvalue weighted by Crippen LogP contribution is -2.08. The first-order chi connectivity index (χ1) is 9.06. The Hall–Kier alpha value is -2.56. The fourth-order valence-corrected chi connectivity index (χ4v) is 1.65. The molecule has 1 heterocycles. The van der Waals surface area contributed by atoms with Crippen molar-refractivity contribution < 1.29 is 9.90 Å². The first-order valence-electron chi connectivity index (χ1n) is 5.79. The molecule has 0 saturated heterocycles. The van der Waals surface area contributed by atoms with E-state index in [4.69, 9.17) is 5.11 Å². The zero-order valence-corrected chi connectivity index (χ0v) is 10.8. The predicted molar refractivity (Wildman–Crippen MR) is 75.2 cm³/mol. The van der Waals surface area contributed by atoms with Crippen LogP contribution in [0.25, 0.3) is 0 Å². The number of anilines is 3. The minimum atomic E-state index is -0.988. The summed E-state index contributed by atoms with van der Waals surface area (Å²) in [7, 11) is 3.93. The Kier molecular flexibility index (Phi) is 3.66. The van der Waals surface area contributed by atoms with Gasteiger partial charge >= 0.3 is 5.97 Å². The monoisotopic (exact) mass is 257 g/mol. The van der Waals surface area contributed by atoms with Crippen LogP contribution < -0.4 is 10.2 Å². The van der Waals surface area contributed by atoms with Crippen LogP contribution in [0.3, 0.4) is 0 Å². The van der Waals surface area contributed by atoms with E-state index in [0.717, 1.165) is 11.4 Å². The summed E-state index contributed by atoms with van der Waals surface area (Å²) in [6.07, 6.45) is 2.92. The van der Waals surface area contributed by atoms with Crippen LogP contribution in [0.1, 0.15) is 10.4 Å². The van der Waals surface area contributed by atoms with Crippen molar-refractivity contribution in [2.75, 3.05) is 24.3 Å². The number of aromatic carboxylic acids is 1. The minimum absolute atomic E-state index is 0.161. The summed E-state index contributed by atoms with van der Waals surface area (Å²) >= 11 is 0. The van der Waals surface area contributed by atoms with Gasteiger partial charge in [0.1, 0.15) is 0 Å². The summed E-state index contributed by atoms with van der Waals surface area (Å²) in [5.41, 5.74) is 2.76. The summed E-state index contributed by atoms with van der Waals surface area (Å²) in [6, 6.07) is 9.38. The highest BCUT2D eigenvalue weighted by Gasteiger charge is 2.04. The topological polar surface area (TPSA) is 65.5 Å². The predicted octanol–water partition coefficient (Wildman–Crippen LogP) is 2.59. The number of rotatable bonds is 4. The summed E-state index contributed by atoms with van der Waals surface area (Å²) in [4.78, 5) is 16.8. The number of hydrogen-bond acceptors (Lipinski definition) is 4. The van der Waals surface area contributed by atoms with Crippen LogP contribution in [0.4, 0.5) is 17.1 Å². The average Bonchev–Trinajstić information content (AvgIpc) is 2.39. The van der Waals surface area contributed by atoms with E-state index in [9.17, 15) is 4.79 Å². The second kappa shape index (κ2) is 5.39. The van der Waals surface area contributed by atoms with Crippen LogP contribution in [-0.2, 0) is 0 Å². The molecule has 1 aromatic heterocycles. The van der Waals surface area contributed by atoms with E-state index in [1.807, 2.05) is 43.3 Å². The van der Waals surface area contributed by atoms with Gasteiger partial charge in [0.15, 0.2) is 0 Å². The molecule has 0 radical (unpaired) electrons. The molecule has 2 aromatic rings. The van der Waals surface area contributed by atoms with Crippen molar-refractivity contribution in [2.45, 2.75) is 0 Å². The highest BCUT2D eigenvalue weighted by atomic mass is 16.4. The maximum Gasteiger partial charge on any atom is 0.337 e. The molecule has 0 aliphatic carbocycles. The molecule has 0 bridgehead atoms. The van der Waals surface area contributed by atoms with Gasteiger partial charge in [-0.2, -0.15) is 0 Å². The Morgan fingerprint density at radius 2 is 2.00 bits per heavy atom. The van der Waals surface area contributed by atoms with Crippen molar-refractivity contribution in [3.8, 4) is 0 Å². The van der Waals surface area contributed by atoms with E-state index in [-0.39, 0.29) is 5.56 Å². The SMILES string of the molecule is CN(C)c1cccc(Nc2cncc(C(=O)O)c2)c1. The van der Waals surface area contributed by atoms with E-state index in [2.05, 4.69) is 10.3 Å². The summed E-state index contributed by atoms with van der Waals surface area (Å²) in [5.74, 6) is -0.988. The fourth-order valence-electron chi connectivity index (χ4n) is 1.65. The Bertz CT molecular complexity index is 597. The Morgan fingerprint density at radius 1 is 1.21 bits per heavy atom. The maximum absolute atomic E-state index is 10.9. The standard InChI is InChI=1S/C14H15N3O2/c1-17(2)13-5-3-4-11(7-13)16-12-6-10(14(18)19)8-15-9-12/h3-9,16H,1-2H3,(H,18,19). The maximum atomic E-state index is 10.9. The van der Waals surface area contributed by atoms with Gasteiger partial charge in [0.2, 0.25) is 0 Å². The largest absolute Gasteiger partial charge is 0.478 e. The van der Waals surface area contributed by atoms with Crippen molar-refractivity contribution >= 4 is 23.0 Å². The molecule has 5 heteroatoms. The summed E-state index contributed by atoms with van der Waals surface area (Å²) < 4.78 is 0. The Labute approximate surface area is 111 Å². The molecule has 0 amide bonds. The number of aromatic nitrogens is 1. The van der Waals surface area contributed by atoms with Gasteiger partial charge in [-0.15, -0.1) is 0 Å². The smallest absolute Gasteiger partial charge is 0.337 e. The molecule has 0 unspecified atom stereocenters. The lowest BCUT2D eigenvalue weighted by molar-refractivity contribution is 0.0696. The Balaban J connectivity index is 2.23. The van der Waals surface area contributed by atoms with Crippen molar-refractivity contribution in [3.63, 3.8) is 0 Å². The highest BCUT2D eigenvalue weighted by Crippen LogP contribution is 2.21. The molecule has 0 atom stereocenters. The highest BCUT2D eigenvalue weighted by molar-refractivity contribution is 5.88. The fraction of sp³-hybridized carbons (Fsp3) is 0.143. The molecule has 0 saturated carbocycles. The van der Waals surface area contributed by atoms with Crippen LogP contribution in [0.15, 0.2) is 42.7 Å². The summed E-state index contributed by atoms with van der Waals surface area (Å²) in [5, 5.41) is 12.1. The van der Waals surface area contributed by atoms with E-state index in [1.165, 1.54) is 6.20 Å². The molecule has 5 nitrogen and oxygen atoms in total. The third kappa shape index (κ3) is 3.22. The van der Waals surface area contributed by atoms with Gasteiger partial charge in [-0.1, -0.05) is 6.07 Å². The van der Waals surface area contributed by atoms with Gasteiger partial charge in [0.05, 0.1) is 17.4 Å². The number of carboxylic acid groups (broad SMARTS) is 1. The van der Waals surface area contributed by atoms with E-state index < -0.39 is 5.97 Å². The molecule has 19 heavy (non-hydrogen) atoms. The van der Waals surface area contributed by atoms with Gasteiger partial charge in [-0.3, -0.25) is 4.98 Å². The van der Waals surface area contributed by atoms with E-state index in [0.29, 0.717) is 5.69 Å². The van der Waals surface area contributed by atoms with Crippen LogP contribution >= 0.6 is 0 Å². The second-order valence-electron chi connectivity index (χ2n) is 4.34. The molecule has 0 spiro atoms. The van der Waals surface area contributed by atoms with Crippen molar-refractivity contribution in [3.05, 3.63) is 48.3 Å². The molecule has 1 aromatic carbocycles. The van der Waals surface area contributed by atoms with Gasteiger partial charge in [-0.25, -0.2) is 4.79 Å². The number of carbonyl (C=O) groups is 1. The lowest BCUT2D eigenvalue weighted by atomic mass is 10.2. The van der Waals surface area contributed by atoms with Crippen LogP contribution in [0.5, 0.6) is 0 Å². The second-order valence-corrected chi connectivity index (χ2v) is 4.34. The molecule has 0 fully saturated rings. The molecule has 0 aliphatic rings. The Morgan fingerprint density at radius 3 is 2.68 bits per heavy atom. The third-order valence-corrected chi connectivity index (χ3v) is 2.64. The molecule has 98 valence electrons. The summed E-state index contributed by atoms with van der Waals surface area (Å²) in [6.45, 7) is 0. The number of hydrogen-bond donors (Lipinski definition) is 2. The van der Waals surface area contributed by atoms with Crippen LogP contribution in [-0.4, -0.2) is 30.2 Å². The van der Waals surface area contributed by atoms with Crippen LogP contribution in [0.2, 0.25) is 0 Å². The molecular weight excluding hydrogens is 242 g/mol. The number of benzene rings is 1. The van der Waals surface area contributed by atoms with Crippen molar-refractivity contribution in [1.82, 2.24) is 4.98 Å². The first-order valence-corrected chi connectivity index (χ1v) is 5.79. The third-order valence-electron chi connectivity index (χ3n) is 2.64. The van der Waals surface area contributed by atoms with E-state index in [1.54, 1.807) is 12.3 Å². The number of nitrogens with zero attached hydrogens (tertiary/aromatic N) is 2. The van der Waals surface area contributed by atoms with E-state index >= 15 is 0 Å². The van der Waals surface area contributed by atoms with Gasteiger partial charge in [-0.05, 0) is 24.3 Å². The minimum Gasteiger partial charge on any atom is -0.478 e. The lowest BCUT2D eigenvalue weighted by Gasteiger charge is -2.14. The molecule has 2 rings (SSSR count). The average molecular weight is 257 g/mol. The zero-order chi connectivity index (χ0) is 13.8. The molecule has 0 aliphatic heterocycles. The van der Waals surface area contributed by atoms with Crippen molar-refractivity contribution in [1.29, 1.82) is 0 Å². The quantitative estimate of drug-likeness (QED) is 0.881. The van der Waals surface area contributed by atoms with Crippen LogP contribution in [0, 0.1) is 0 Å². The molecule has 2 N–H and O–H groups in total. The number of nitrogens with one attached hydrogen (secondary N) is 1. The first kappa shape index (κ1) is 12.9. The van der Waals surface area contributed by atoms with Gasteiger partial charge in [0, 0.05) is 31.7 Å². The van der Waals surface area contributed by atoms with Gasteiger partial charge in [0.25, 0.3) is 0 Å².